The van der Waals surface area contributed by atoms with E-state index in [1.54, 1.807) is 41.3 Å². The molecule has 6 nitrogen and oxygen atoms in total. The zero-order valence-electron chi connectivity index (χ0n) is 14.4. The summed E-state index contributed by atoms with van der Waals surface area (Å²) in [5, 5.41) is 11.8. The molecule has 0 saturated heterocycles. The van der Waals surface area contributed by atoms with Gasteiger partial charge in [0.2, 0.25) is 0 Å². The van der Waals surface area contributed by atoms with Gasteiger partial charge in [-0.15, -0.1) is 11.3 Å². The summed E-state index contributed by atoms with van der Waals surface area (Å²) in [5.74, 6) is -0.570. The van der Waals surface area contributed by atoms with Gasteiger partial charge >= 0.3 is 0 Å². The van der Waals surface area contributed by atoms with Gasteiger partial charge in [0.25, 0.3) is 11.8 Å². The zero-order valence-corrected chi connectivity index (χ0v) is 15.2. The highest BCUT2D eigenvalue weighted by Gasteiger charge is 2.20. The number of hydrogen-bond donors (Lipinski definition) is 3. The summed E-state index contributed by atoms with van der Waals surface area (Å²) in [5.41, 5.74) is 6.07. The van der Waals surface area contributed by atoms with Crippen molar-refractivity contribution in [3.05, 3.63) is 64.7 Å². The van der Waals surface area contributed by atoms with Crippen LogP contribution in [-0.4, -0.2) is 22.0 Å². The lowest BCUT2D eigenvalue weighted by molar-refractivity contribution is 0.0706. The highest BCUT2D eigenvalue weighted by Crippen LogP contribution is 2.24. The maximum atomic E-state index is 12.7. The molecule has 2 amide bonds. The van der Waals surface area contributed by atoms with E-state index in [1.807, 2.05) is 26.0 Å². The van der Waals surface area contributed by atoms with Crippen molar-refractivity contribution in [1.29, 1.82) is 0 Å². The number of aromatic nitrogens is 1. The van der Waals surface area contributed by atoms with Crippen molar-refractivity contribution < 1.29 is 14.8 Å². The fraction of sp³-hybridized carbons (Fsp3) is 0.211. The average molecular weight is 369 g/mol. The molecule has 0 bridgehead atoms. The molecule has 0 fully saturated rings. The summed E-state index contributed by atoms with van der Waals surface area (Å²) < 4.78 is 0.970. The van der Waals surface area contributed by atoms with Gasteiger partial charge in [-0.1, -0.05) is 26.0 Å². The maximum absolute atomic E-state index is 12.7. The van der Waals surface area contributed by atoms with Crippen molar-refractivity contribution >= 4 is 33.4 Å². The van der Waals surface area contributed by atoms with Crippen LogP contribution in [0.3, 0.4) is 0 Å². The first-order chi connectivity index (χ1) is 12.5. The standard InChI is InChI=1S/C19H19N3O3S/c1-11(2)17(12-3-5-13(6-4-12)19(24)22-25)21-18(23)14-7-8-15-16(9-14)26-10-20-15/h3-11,17,25H,1-2H3,(H,21,23)(H,22,24). The van der Waals surface area contributed by atoms with E-state index < -0.39 is 5.91 Å². The van der Waals surface area contributed by atoms with Crippen LogP contribution >= 0.6 is 11.3 Å². The van der Waals surface area contributed by atoms with Gasteiger partial charge in [0.05, 0.1) is 21.8 Å². The molecular weight excluding hydrogens is 350 g/mol. The second-order valence-electron chi connectivity index (χ2n) is 6.29. The van der Waals surface area contributed by atoms with Gasteiger partial charge in [0, 0.05) is 11.1 Å². The fourth-order valence-electron chi connectivity index (χ4n) is 2.76. The third-order valence-electron chi connectivity index (χ3n) is 4.18. The van der Waals surface area contributed by atoms with Crippen molar-refractivity contribution in [2.24, 2.45) is 5.92 Å². The van der Waals surface area contributed by atoms with Crippen LogP contribution in [0.1, 0.15) is 46.2 Å². The van der Waals surface area contributed by atoms with Gasteiger partial charge in [-0.3, -0.25) is 14.8 Å². The average Bonchev–Trinajstić information content (AvgIpc) is 3.13. The molecule has 3 aromatic rings. The molecule has 1 aromatic heterocycles. The molecule has 0 aliphatic rings. The summed E-state index contributed by atoms with van der Waals surface area (Å²) in [6, 6.07) is 12.0. The summed E-state index contributed by atoms with van der Waals surface area (Å²) in [7, 11) is 0. The molecule has 0 aliphatic heterocycles. The molecule has 1 atom stereocenters. The van der Waals surface area contributed by atoms with Gasteiger partial charge in [0.1, 0.15) is 0 Å². The molecule has 3 rings (SSSR count). The van der Waals surface area contributed by atoms with Gasteiger partial charge in [0.15, 0.2) is 0 Å². The van der Waals surface area contributed by atoms with Crippen molar-refractivity contribution in [3.8, 4) is 0 Å². The van der Waals surface area contributed by atoms with Crippen LogP contribution in [-0.2, 0) is 0 Å². The van der Waals surface area contributed by atoms with E-state index in [0.29, 0.717) is 11.1 Å². The van der Waals surface area contributed by atoms with Gasteiger partial charge in [-0.2, -0.15) is 0 Å². The molecule has 2 aromatic carbocycles. The summed E-state index contributed by atoms with van der Waals surface area (Å²) in [6.45, 7) is 4.04. The third kappa shape index (κ3) is 3.74. The Morgan fingerprint density at radius 1 is 1.04 bits per heavy atom. The summed E-state index contributed by atoms with van der Waals surface area (Å²) >= 11 is 1.50. The molecule has 26 heavy (non-hydrogen) atoms. The van der Waals surface area contributed by atoms with Gasteiger partial charge in [-0.05, 0) is 41.8 Å². The largest absolute Gasteiger partial charge is 0.345 e. The number of nitrogens with zero attached hydrogens (tertiary/aromatic N) is 1. The van der Waals surface area contributed by atoms with Crippen LogP contribution < -0.4 is 10.8 Å². The maximum Gasteiger partial charge on any atom is 0.274 e. The number of carbonyl (C=O) groups is 2. The quantitative estimate of drug-likeness (QED) is 0.474. The van der Waals surface area contributed by atoms with E-state index >= 15 is 0 Å². The first kappa shape index (κ1) is 18.0. The molecular formula is C19H19N3O3S. The van der Waals surface area contributed by atoms with Crippen LogP contribution in [0.4, 0.5) is 0 Å². The molecule has 0 saturated carbocycles. The normalized spacial score (nSPS) is 12.2. The highest BCUT2D eigenvalue weighted by atomic mass is 32.1. The van der Waals surface area contributed by atoms with Crippen molar-refractivity contribution in [1.82, 2.24) is 15.8 Å². The number of rotatable bonds is 5. The Hall–Kier alpha value is -2.77. The van der Waals surface area contributed by atoms with Crippen LogP contribution in [0, 0.1) is 5.92 Å². The lowest BCUT2D eigenvalue weighted by Gasteiger charge is -2.23. The Bertz CT molecular complexity index is 935. The first-order valence-corrected chi connectivity index (χ1v) is 9.06. The smallest absolute Gasteiger partial charge is 0.274 e. The molecule has 0 spiro atoms. The molecule has 1 unspecified atom stereocenters. The number of nitrogens with one attached hydrogen (secondary N) is 2. The first-order valence-electron chi connectivity index (χ1n) is 8.18. The monoisotopic (exact) mass is 369 g/mol. The lowest BCUT2D eigenvalue weighted by Crippen LogP contribution is -2.31. The molecule has 1 heterocycles. The minimum Gasteiger partial charge on any atom is -0.345 e. The molecule has 0 radical (unpaired) electrons. The zero-order chi connectivity index (χ0) is 18.7. The molecule has 0 aliphatic carbocycles. The van der Waals surface area contributed by atoms with Crippen LogP contribution in [0.15, 0.2) is 48.0 Å². The number of thiazole rings is 1. The summed E-state index contributed by atoms with van der Waals surface area (Å²) in [6.07, 6.45) is 0. The highest BCUT2D eigenvalue weighted by molar-refractivity contribution is 7.16. The number of carbonyl (C=O) groups excluding carboxylic acids is 2. The van der Waals surface area contributed by atoms with Crippen molar-refractivity contribution in [2.75, 3.05) is 0 Å². The van der Waals surface area contributed by atoms with Crippen molar-refractivity contribution in [2.45, 2.75) is 19.9 Å². The van der Waals surface area contributed by atoms with Crippen LogP contribution in [0.25, 0.3) is 10.2 Å². The number of fused-ring (bicyclic) bond motifs is 1. The van der Waals surface area contributed by atoms with E-state index in [9.17, 15) is 9.59 Å². The van der Waals surface area contributed by atoms with Crippen LogP contribution in [0.5, 0.6) is 0 Å². The predicted molar refractivity (Wildman–Crippen MR) is 100 cm³/mol. The molecule has 3 N–H and O–H groups in total. The number of hydrogen-bond acceptors (Lipinski definition) is 5. The van der Waals surface area contributed by atoms with E-state index in [4.69, 9.17) is 5.21 Å². The molecule has 7 heteroatoms. The molecule has 134 valence electrons. The second kappa shape index (κ2) is 7.63. The minimum atomic E-state index is -0.570. The van der Waals surface area contributed by atoms with Crippen LogP contribution in [0.2, 0.25) is 0 Å². The van der Waals surface area contributed by atoms with E-state index in [0.717, 1.165) is 15.8 Å². The number of hydroxylamine groups is 1. The third-order valence-corrected chi connectivity index (χ3v) is 4.97. The Balaban J connectivity index is 1.81. The Kier molecular flexibility index (Phi) is 5.29. The van der Waals surface area contributed by atoms with E-state index in [1.165, 1.54) is 11.3 Å². The number of benzene rings is 2. The van der Waals surface area contributed by atoms with Gasteiger partial charge < -0.3 is 5.32 Å². The van der Waals surface area contributed by atoms with Gasteiger partial charge in [-0.25, -0.2) is 10.5 Å². The minimum absolute atomic E-state index is 0.156. The Morgan fingerprint density at radius 3 is 2.38 bits per heavy atom. The predicted octanol–water partition coefficient (Wildman–Crippen LogP) is 3.54. The number of amides is 2. The fourth-order valence-corrected chi connectivity index (χ4v) is 3.48. The van der Waals surface area contributed by atoms with Crippen molar-refractivity contribution in [3.63, 3.8) is 0 Å². The lowest BCUT2D eigenvalue weighted by atomic mass is 9.94. The topological polar surface area (TPSA) is 91.3 Å². The Labute approximate surface area is 154 Å². The SMILES string of the molecule is CC(C)C(NC(=O)c1ccc2ncsc2c1)c1ccc(C(=O)NO)cc1. The summed E-state index contributed by atoms with van der Waals surface area (Å²) in [4.78, 5) is 28.4. The van der Waals surface area contributed by atoms with E-state index in [-0.39, 0.29) is 17.9 Å². The second-order valence-corrected chi connectivity index (χ2v) is 7.18. The van der Waals surface area contributed by atoms with E-state index in [2.05, 4.69) is 10.3 Å². The Morgan fingerprint density at radius 2 is 1.73 bits per heavy atom.